The molecule has 0 aliphatic carbocycles. The fraction of sp³-hybridized carbons (Fsp3) is 0.462. The zero-order valence-electron chi connectivity index (χ0n) is 11.1. The fourth-order valence-corrected chi connectivity index (χ4v) is 2.28. The molecule has 7 nitrogen and oxygen atoms in total. The maximum absolute atomic E-state index is 12.1. The number of nitrogens with one attached hydrogen (secondary N) is 1. The standard InChI is InChI=1S/C13H17N3O4/c1-8(9-2-4-14-5-3-9)15-13(20)16-7-10(17)6-11(16)12(18)19/h2-5,8,10-11,17H,6-7H2,1H3,(H,15,20)(H,18,19)/t8?,10-,11-/m1/s1. The molecule has 1 aromatic heterocycles. The number of carbonyl (C=O) groups excluding carboxylic acids is 1. The zero-order chi connectivity index (χ0) is 14.7. The molecule has 1 saturated heterocycles. The molecule has 1 aliphatic heterocycles. The lowest BCUT2D eigenvalue weighted by Gasteiger charge is -2.24. The van der Waals surface area contributed by atoms with E-state index in [0.717, 1.165) is 10.5 Å². The van der Waals surface area contributed by atoms with E-state index in [2.05, 4.69) is 10.3 Å². The molecule has 0 radical (unpaired) electrons. The average molecular weight is 279 g/mol. The van der Waals surface area contributed by atoms with Gasteiger partial charge >= 0.3 is 12.0 Å². The number of aliphatic carboxylic acids is 1. The van der Waals surface area contributed by atoms with E-state index in [9.17, 15) is 14.7 Å². The number of likely N-dealkylation sites (tertiary alicyclic amines) is 1. The molecule has 2 amide bonds. The SMILES string of the molecule is CC(NC(=O)N1C[C@H](O)C[C@@H]1C(=O)O)c1ccncc1. The Hall–Kier alpha value is -2.15. The normalized spacial score (nSPS) is 23.4. The molecule has 1 aliphatic rings. The number of carbonyl (C=O) groups is 2. The van der Waals surface area contributed by atoms with Gasteiger partial charge in [-0.2, -0.15) is 0 Å². The van der Waals surface area contributed by atoms with Crippen LogP contribution in [-0.4, -0.2) is 50.8 Å². The zero-order valence-corrected chi connectivity index (χ0v) is 11.1. The molecule has 2 heterocycles. The molecule has 0 bridgehead atoms. The minimum atomic E-state index is -1.10. The monoisotopic (exact) mass is 279 g/mol. The Balaban J connectivity index is 2.02. The first-order chi connectivity index (χ1) is 9.49. The second kappa shape index (κ2) is 5.87. The lowest BCUT2D eigenvalue weighted by atomic mass is 10.1. The van der Waals surface area contributed by atoms with E-state index < -0.39 is 24.1 Å². The molecule has 1 unspecified atom stereocenters. The smallest absolute Gasteiger partial charge is 0.326 e. The highest BCUT2D eigenvalue weighted by molar-refractivity contribution is 5.83. The maximum atomic E-state index is 12.1. The number of carboxylic acid groups (broad SMARTS) is 1. The predicted octanol–water partition coefficient (Wildman–Crippen LogP) is 0.372. The van der Waals surface area contributed by atoms with E-state index in [1.807, 2.05) is 0 Å². The largest absolute Gasteiger partial charge is 0.480 e. The number of aromatic nitrogens is 1. The number of aliphatic hydroxyl groups is 1. The lowest BCUT2D eigenvalue weighted by Crippen LogP contribution is -2.46. The van der Waals surface area contributed by atoms with Crippen LogP contribution in [0, 0.1) is 0 Å². The van der Waals surface area contributed by atoms with Gasteiger partial charge in [0, 0.05) is 25.4 Å². The Morgan fingerprint density at radius 2 is 2.10 bits per heavy atom. The van der Waals surface area contributed by atoms with Crippen LogP contribution in [0.15, 0.2) is 24.5 Å². The van der Waals surface area contributed by atoms with Crippen molar-refractivity contribution in [3.05, 3.63) is 30.1 Å². The molecule has 3 N–H and O–H groups in total. The van der Waals surface area contributed by atoms with Crippen molar-refractivity contribution in [3.8, 4) is 0 Å². The Bertz CT molecular complexity index is 494. The number of nitrogens with zero attached hydrogens (tertiary/aromatic N) is 2. The van der Waals surface area contributed by atoms with Gasteiger partial charge in [0.2, 0.25) is 0 Å². The maximum Gasteiger partial charge on any atom is 0.326 e. The number of hydrogen-bond acceptors (Lipinski definition) is 4. The van der Waals surface area contributed by atoms with Crippen LogP contribution < -0.4 is 5.32 Å². The van der Waals surface area contributed by atoms with Crippen molar-refractivity contribution in [2.45, 2.75) is 31.5 Å². The first kappa shape index (κ1) is 14.3. The van der Waals surface area contributed by atoms with Gasteiger partial charge in [0.25, 0.3) is 0 Å². The fourth-order valence-electron chi connectivity index (χ4n) is 2.28. The van der Waals surface area contributed by atoms with Crippen LogP contribution >= 0.6 is 0 Å². The minimum Gasteiger partial charge on any atom is -0.480 e. The number of pyridine rings is 1. The molecule has 2 rings (SSSR count). The van der Waals surface area contributed by atoms with Gasteiger partial charge in [-0.15, -0.1) is 0 Å². The van der Waals surface area contributed by atoms with Gasteiger partial charge < -0.3 is 20.4 Å². The third-order valence-electron chi connectivity index (χ3n) is 3.37. The van der Waals surface area contributed by atoms with E-state index in [1.54, 1.807) is 31.5 Å². The van der Waals surface area contributed by atoms with Gasteiger partial charge in [-0.05, 0) is 24.6 Å². The van der Waals surface area contributed by atoms with E-state index in [1.165, 1.54) is 0 Å². The van der Waals surface area contributed by atoms with Crippen molar-refractivity contribution in [2.24, 2.45) is 0 Å². The molecule has 1 fully saturated rings. The molecular formula is C13H17N3O4. The van der Waals surface area contributed by atoms with Crippen LogP contribution in [0.1, 0.15) is 24.9 Å². The molecule has 0 aromatic carbocycles. The molecule has 0 saturated carbocycles. The van der Waals surface area contributed by atoms with Crippen molar-refractivity contribution < 1.29 is 19.8 Å². The molecule has 1 aromatic rings. The molecule has 0 spiro atoms. The minimum absolute atomic E-state index is 0.0336. The third kappa shape index (κ3) is 3.05. The Labute approximate surface area is 116 Å². The number of rotatable bonds is 3. The summed E-state index contributed by atoms with van der Waals surface area (Å²) in [6.07, 6.45) is 2.51. The van der Waals surface area contributed by atoms with Crippen molar-refractivity contribution in [3.63, 3.8) is 0 Å². The van der Waals surface area contributed by atoms with Crippen molar-refractivity contribution >= 4 is 12.0 Å². The lowest BCUT2D eigenvalue weighted by molar-refractivity contribution is -0.141. The summed E-state index contributed by atoms with van der Waals surface area (Å²) < 4.78 is 0. The molecule has 108 valence electrons. The van der Waals surface area contributed by atoms with Gasteiger partial charge in [-0.25, -0.2) is 9.59 Å². The van der Waals surface area contributed by atoms with E-state index in [0.29, 0.717) is 0 Å². The second-order valence-electron chi connectivity index (χ2n) is 4.85. The number of hydrogen-bond donors (Lipinski definition) is 3. The number of urea groups is 1. The van der Waals surface area contributed by atoms with Crippen LogP contribution in [0.5, 0.6) is 0 Å². The number of carboxylic acids is 1. The summed E-state index contributed by atoms with van der Waals surface area (Å²) in [6, 6.07) is 1.82. The van der Waals surface area contributed by atoms with Gasteiger partial charge in [0.1, 0.15) is 6.04 Å². The molecule has 3 atom stereocenters. The van der Waals surface area contributed by atoms with Gasteiger partial charge in [-0.1, -0.05) is 0 Å². The third-order valence-corrected chi connectivity index (χ3v) is 3.37. The highest BCUT2D eigenvalue weighted by Gasteiger charge is 2.39. The molecule has 20 heavy (non-hydrogen) atoms. The predicted molar refractivity (Wildman–Crippen MR) is 69.9 cm³/mol. The first-order valence-electron chi connectivity index (χ1n) is 6.37. The molecule has 7 heteroatoms. The van der Waals surface area contributed by atoms with Gasteiger partial charge in [0.05, 0.1) is 12.1 Å². The number of aliphatic hydroxyl groups excluding tert-OH is 1. The summed E-state index contributed by atoms with van der Waals surface area (Å²) in [6.45, 7) is 1.83. The van der Waals surface area contributed by atoms with Crippen LogP contribution in [0.3, 0.4) is 0 Å². The van der Waals surface area contributed by atoms with Gasteiger partial charge in [0.15, 0.2) is 0 Å². The Kier molecular flexibility index (Phi) is 4.19. The van der Waals surface area contributed by atoms with Crippen LogP contribution in [-0.2, 0) is 4.79 Å². The van der Waals surface area contributed by atoms with Gasteiger partial charge in [-0.3, -0.25) is 4.98 Å². The Morgan fingerprint density at radius 1 is 1.45 bits per heavy atom. The first-order valence-corrected chi connectivity index (χ1v) is 6.37. The van der Waals surface area contributed by atoms with Crippen molar-refractivity contribution in [1.82, 2.24) is 15.2 Å². The highest BCUT2D eigenvalue weighted by Crippen LogP contribution is 2.19. The summed E-state index contributed by atoms with van der Waals surface area (Å²) in [5.41, 5.74) is 0.875. The summed E-state index contributed by atoms with van der Waals surface area (Å²) in [7, 11) is 0. The van der Waals surface area contributed by atoms with Crippen LogP contribution in [0.25, 0.3) is 0 Å². The summed E-state index contributed by atoms with van der Waals surface area (Å²) in [5, 5.41) is 21.3. The quantitative estimate of drug-likeness (QED) is 0.742. The second-order valence-corrected chi connectivity index (χ2v) is 4.85. The van der Waals surface area contributed by atoms with Crippen molar-refractivity contribution in [1.29, 1.82) is 0 Å². The average Bonchev–Trinajstić information content (AvgIpc) is 2.82. The van der Waals surface area contributed by atoms with Crippen LogP contribution in [0.2, 0.25) is 0 Å². The van der Waals surface area contributed by atoms with E-state index in [4.69, 9.17) is 5.11 Å². The summed E-state index contributed by atoms with van der Waals surface area (Å²) in [4.78, 5) is 28.2. The Morgan fingerprint density at radius 3 is 2.70 bits per heavy atom. The van der Waals surface area contributed by atoms with Crippen LogP contribution in [0.4, 0.5) is 4.79 Å². The van der Waals surface area contributed by atoms with E-state index >= 15 is 0 Å². The summed E-state index contributed by atoms with van der Waals surface area (Å²) >= 11 is 0. The summed E-state index contributed by atoms with van der Waals surface area (Å²) in [5.74, 6) is -1.10. The molecular weight excluding hydrogens is 262 g/mol. The topological polar surface area (TPSA) is 103 Å². The van der Waals surface area contributed by atoms with Crippen molar-refractivity contribution in [2.75, 3.05) is 6.54 Å². The van der Waals surface area contributed by atoms with E-state index in [-0.39, 0.29) is 19.0 Å². The highest BCUT2D eigenvalue weighted by atomic mass is 16.4. The number of amides is 2. The number of β-amino-alcohol motifs (C(OH)–C–C–N with tert-alkyl or cyclic N) is 1.